The average molecular weight is 345 g/mol. The van der Waals surface area contributed by atoms with Crippen molar-refractivity contribution >= 4 is 9.84 Å². The van der Waals surface area contributed by atoms with Gasteiger partial charge in [0.2, 0.25) is 0 Å². The number of aliphatic hydroxyl groups is 1. The van der Waals surface area contributed by atoms with Crippen LogP contribution in [0.15, 0.2) is 53.4 Å². The number of hydrogen-bond donors (Lipinski definition) is 1. The first-order valence-corrected chi connectivity index (χ1v) is 9.97. The van der Waals surface area contributed by atoms with Gasteiger partial charge >= 0.3 is 0 Å². The molecule has 1 aliphatic heterocycles. The van der Waals surface area contributed by atoms with E-state index in [0.29, 0.717) is 24.4 Å². The Morgan fingerprint density at radius 1 is 1.12 bits per heavy atom. The van der Waals surface area contributed by atoms with Crippen molar-refractivity contribution in [1.82, 2.24) is 4.90 Å². The monoisotopic (exact) mass is 345 g/mol. The molecular formula is C19H23NO3S. The summed E-state index contributed by atoms with van der Waals surface area (Å²) >= 11 is 0. The number of rotatable bonds is 4. The molecule has 1 saturated heterocycles. The second-order valence-corrected chi connectivity index (χ2v) is 8.74. The Bertz CT molecular complexity index is 830. The molecule has 2 aromatic carbocycles. The van der Waals surface area contributed by atoms with E-state index in [-0.39, 0.29) is 0 Å². The van der Waals surface area contributed by atoms with E-state index < -0.39 is 15.4 Å². The summed E-state index contributed by atoms with van der Waals surface area (Å²) in [6.07, 6.45) is 1.92. The quantitative estimate of drug-likeness (QED) is 0.925. The second-order valence-electron chi connectivity index (χ2n) is 6.72. The summed E-state index contributed by atoms with van der Waals surface area (Å²) in [5, 5.41) is 11.0. The average Bonchev–Trinajstić information content (AvgIpc) is 2.89. The Hall–Kier alpha value is -1.69. The van der Waals surface area contributed by atoms with Crippen LogP contribution in [0.2, 0.25) is 0 Å². The Labute approximate surface area is 143 Å². The molecule has 1 heterocycles. The highest BCUT2D eigenvalue weighted by Crippen LogP contribution is 2.34. The number of benzene rings is 2. The molecule has 0 aromatic heterocycles. The van der Waals surface area contributed by atoms with Crippen molar-refractivity contribution in [2.24, 2.45) is 0 Å². The third-order valence-electron chi connectivity index (χ3n) is 4.73. The van der Waals surface area contributed by atoms with Crippen molar-refractivity contribution < 1.29 is 13.5 Å². The molecule has 0 amide bonds. The number of β-amino-alcohol motifs (C(OH)–C–C–N with tert-alkyl or cyclic N) is 1. The van der Waals surface area contributed by atoms with Gasteiger partial charge in [-0.25, -0.2) is 8.42 Å². The Morgan fingerprint density at radius 3 is 2.42 bits per heavy atom. The fourth-order valence-electron chi connectivity index (χ4n) is 3.42. The van der Waals surface area contributed by atoms with E-state index in [0.717, 1.165) is 23.2 Å². The molecular weight excluding hydrogens is 322 g/mol. The van der Waals surface area contributed by atoms with Crippen LogP contribution in [0.25, 0.3) is 0 Å². The van der Waals surface area contributed by atoms with Gasteiger partial charge in [0.25, 0.3) is 0 Å². The van der Waals surface area contributed by atoms with Gasteiger partial charge in [-0.15, -0.1) is 0 Å². The summed E-state index contributed by atoms with van der Waals surface area (Å²) in [4.78, 5) is 2.55. The molecule has 5 heteroatoms. The number of sulfone groups is 1. The number of hydrogen-bond acceptors (Lipinski definition) is 4. The van der Waals surface area contributed by atoms with Gasteiger partial charge in [-0.3, -0.25) is 4.90 Å². The van der Waals surface area contributed by atoms with E-state index in [1.165, 1.54) is 6.26 Å². The van der Waals surface area contributed by atoms with Crippen LogP contribution in [0.5, 0.6) is 0 Å². The SMILES string of the molecule is Cc1ccccc1C1(O)CCN(Cc2ccc(S(C)(=O)=O)cc2)C1. The molecule has 128 valence electrons. The molecule has 1 aliphatic rings. The van der Waals surface area contributed by atoms with Crippen molar-refractivity contribution in [3.8, 4) is 0 Å². The van der Waals surface area contributed by atoms with Crippen LogP contribution in [0.3, 0.4) is 0 Å². The smallest absolute Gasteiger partial charge is 0.175 e. The van der Waals surface area contributed by atoms with E-state index in [9.17, 15) is 13.5 Å². The highest BCUT2D eigenvalue weighted by Gasteiger charge is 2.38. The maximum atomic E-state index is 11.5. The molecule has 0 spiro atoms. The number of aryl methyl sites for hydroxylation is 1. The second kappa shape index (κ2) is 6.31. The third kappa shape index (κ3) is 3.53. The maximum Gasteiger partial charge on any atom is 0.175 e. The number of nitrogens with zero attached hydrogens (tertiary/aromatic N) is 1. The van der Waals surface area contributed by atoms with Crippen LogP contribution in [0.4, 0.5) is 0 Å². The van der Waals surface area contributed by atoms with Crippen molar-refractivity contribution in [3.63, 3.8) is 0 Å². The normalized spacial score (nSPS) is 22.0. The van der Waals surface area contributed by atoms with Gasteiger partial charge in [-0.2, -0.15) is 0 Å². The van der Waals surface area contributed by atoms with Gasteiger partial charge in [0.15, 0.2) is 9.84 Å². The lowest BCUT2D eigenvalue weighted by atomic mass is 9.89. The Balaban J connectivity index is 1.71. The fourth-order valence-corrected chi connectivity index (χ4v) is 4.05. The number of likely N-dealkylation sites (tertiary alicyclic amines) is 1. The van der Waals surface area contributed by atoms with Gasteiger partial charge in [-0.1, -0.05) is 36.4 Å². The molecule has 4 nitrogen and oxygen atoms in total. The minimum atomic E-state index is -3.16. The van der Waals surface area contributed by atoms with Gasteiger partial charge in [-0.05, 0) is 42.2 Å². The van der Waals surface area contributed by atoms with Crippen LogP contribution in [0.1, 0.15) is 23.1 Å². The molecule has 1 unspecified atom stereocenters. The molecule has 1 fully saturated rings. The van der Waals surface area contributed by atoms with E-state index in [2.05, 4.69) is 4.90 Å². The van der Waals surface area contributed by atoms with Crippen molar-refractivity contribution in [2.75, 3.05) is 19.3 Å². The Kier molecular flexibility index (Phi) is 4.51. The molecule has 0 bridgehead atoms. The van der Waals surface area contributed by atoms with Crippen LogP contribution < -0.4 is 0 Å². The topological polar surface area (TPSA) is 57.6 Å². The summed E-state index contributed by atoms with van der Waals surface area (Å²) < 4.78 is 23.0. The van der Waals surface area contributed by atoms with Crippen molar-refractivity contribution in [1.29, 1.82) is 0 Å². The third-order valence-corrected chi connectivity index (χ3v) is 5.86. The Morgan fingerprint density at radius 2 is 1.79 bits per heavy atom. The fraction of sp³-hybridized carbons (Fsp3) is 0.368. The zero-order valence-corrected chi connectivity index (χ0v) is 14.9. The molecule has 1 atom stereocenters. The zero-order chi connectivity index (χ0) is 17.4. The summed E-state index contributed by atoms with van der Waals surface area (Å²) in [5.74, 6) is 0. The molecule has 2 aromatic rings. The summed E-state index contributed by atoms with van der Waals surface area (Å²) in [6, 6.07) is 15.0. The zero-order valence-electron chi connectivity index (χ0n) is 14.1. The summed E-state index contributed by atoms with van der Waals surface area (Å²) in [7, 11) is -3.16. The molecule has 0 radical (unpaired) electrons. The predicted octanol–water partition coefficient (Wildman–Crippen LogP) is 2.49. The van der Waals surface area contributed by atoms with E-state index in [4.69, 9.17) is 0 Å². The van der Waals surface area contributed by atoms with Crippen LogP contribution in [-0.2, 0) is 22.0 Å². The van der Waals surface area contributed by atoms with Crippen molar-refractivity contribution in [3.05, 3.63) is 65.2 Å². The van der Waals surface area contributed by atoms with Crippen LogP contribution >= 0.6 is 0 Å². The maximum absolute atomic E-state index is 11.5. The van der Waals surface area contributed by atoms with Gasteiger partial charge in [0.05, 0.1) is 4.90 Å². The van der Waals surface area contributed by atoms with E-state index >= 15 is 0 Å². The summed E-state index contributed by atoms with van der Waals surface area (Å²) in [5.41, 5.74) is 2.36. The highest BCUT2D eigenvalue weighted by molar-refractivity contribution is 7.90. The largest absolute Gasteiger partial charge is 0.384 e. The predicted molar refractivity (Wildman–Crippen MR) is 94.5 cm³/mol. The molecule has 1 N–H and O–H groups in total. The highest BCUT2D eigenvalue weighted by atomic mass is 32.2. The lowest BCUT2D eigenvalue weighted by molar-refractivity contribution is 0.0447. The molecule has 3 rings (SSSR count). The van der Waals surface area contributed by atoms with Crippen LogP contribution in [0, 0.1) is 6.92 Å². The lowest BCUT2D eigenvalue weighted by Gasteiger charge is -2.25. The van der Waals surface area contributed by atoms with Gasteiger partial charge < -0.3 is 5.11 Å². The van der Waals surface area contributed by atoms with E-state index in [1.54, 1.807) is 12.1 Å². The molecule has 0 aliphatic carbocycles. The first kappa shape index (κ1) is 17.1. The molecule has 24 heavy (non-hydrogen) atoms. The lowest BCUT2D eigenvalue weighted by Crippen LogP contribution is -2.31. The first-order chi connectivity index (χ1) is 11.3. The minimum absolute atomic E-state index is 0.337. The molecule has 0 saturated carbocycles. The van der Waals surface area contributed by atoms with Crippen molar-refractivity contribution in [2.45, 2.75) is 30.4 Å². The minimum Gasteiger partial charge on any atom is -0.384 e. The van der Waals surface area contributed by atoms with Crippen LogP contribution in [-0.4, -0.2) is 37.8 Å². The summed E-state index contributed by atoms with van der Waals surface area (Å²) in [6.45, 7) is 4.14. The van der Waals surface area contributed by atoms with E-state index in [1.807, 2.05) is 43.3 Å². The van der Waals surface area contributed by atoms with Gasteiger partial charge in [0.1, 0.15) is 5.60 Å². The van der Waals surface area contributed by atoms with Gasteiger partial charge in [0, 0.05) is 25.9 Å². The standard InChI is InChI=1S/C19H23NO3S/c1-15-5-3-4-6-18(15)19(21)11-12-20(14-19)13-16-7-9-17(10-8-16)24(2,22)23/h3-10,21H,11-14H2,1-2H3. The first-order valence-electron chi connectivity index (χ1n) is 8.08.